The number of rotatable bonds is 2. The molecule has 1 aliphatic heterocycles. The molecule has 0 radical (unpaired) electrons. The van der Waals surface area contributed by atoms with Gasteiger partial charge in [0.05, 0.1) is 5.92 Å². The van der Waals surface area contributed by atoms with E-state index >= 15 is 0 Å². The molecule has 3 nitrogen and oxygen atoms in total. The molecule has 1 fully saturated rings. The maximum absolute atomic E-state index is 12.1. The molecular formula is C13H17IN2O. The van der Waals surface area contributed by atoms with Crippen molar-refractivity contribution in [2.45, 2.75) is 19.8 Å². The first kappa shape index (κ1) is 12.8. The van der Waals surface area contributed by atoms with E-state index in [2.05, 4.69) is 33.2 Å². The van der Waals surface area contributed by atoms with Crippen molar-refractivity contribution in [1.29, 1.82) is 0 Å². The maximum atomic E-state index is 12.1. The Morgan fingerprint density at radius 2 is 2.35 bits per heavy atom. The minimum absolute atomic E-state index is 0.112. The van der Waals surface area contributed by atoms with E-state index in [1.807, 2.05) is 25.1 Å². The fraction of sp³-hybridized carbons (Fsp3) is 0.462. The van der Waals surface area contributed by atoms with Gasteiger partial charge in [0.2, 0.25) is 5.91 Å². The smallest absolute Gasteiger partial charge is 0.228 e. The Hall–Kier alpha value is -0.620. The molecule has 0 aliphatic carbocycles. The van der Waals surface area contributed by atoms with Crippen LogP contribution in [-0.4, -0.2) is 19.0 Å². The van der Waals surface area contributed by atoms with Crippen molar-refractivity contribution < 1.29 is 4.79 Å². The van der Waals surface area contributed by atoms with Gasteiger partial charge in [-0.25, -0.2) is 0 Å². The summed E-state index contributed by atoms with van der Waals surface area (Å²) in [5.74, 6) is 0.253. The van der Waals surface area contributed by atoms with E-state index in [1.54, 1.807) is 0 Å². The highest BCUT2D eigenvalue weighted by atomic mass is 127. The molecule has 0 spiro atoms. The lowest BCUT2D eigenvalue weighted by Gasteiger charge is -2.22. The number of hydrogen-bond donors (Lipinski definition) is 2. The Bertz CT molecular complexity index is 414. The number of amides is 1. The minimum atomic E-state index is 0.112. The quantitative estimate of drug-likeness (QED) is 0.810. The van der Waals surface area contributed by atoms with Gasteiger partial charge in [-0.2, -0.15) is 0 Å². The van der Waals surface area contributed by atoms with Crippen molar-refractivity contribution >= 4 is 34.2 Å². The third-order valence-corrected chi connectivity index (χ3v) is 4.36. The first-order valence-corrected chi connectivity index (χ1v) is 7.03. The average molecular weight is 344 g/mol. The lowest BCUT2D eigenvalue weighted by atomic mass is 9.98. The zero-order valence-electron chi connectivity index (χ0n) is 9.92. The Morgan fingerprint density at radius 3 is 3.06 bits per heavy atom. The van der Waals surface area contributed by atoms with Crippen LogP contribution >= 0.6 is 22.6 Å². The Balaban J connectivity index is 2.04. The second kappa shape index (κ2) is 5.82. The molecule has 1 aromatic rings. The summed E-state index contributed by atoms with van der Waals surface area (Å²) in [6, 6.07) is 5.99. The standard InChI is InChI=1S/C13H17IN2O/c1-9-11(14)5-2-6-12(9)16-13(17)10-4-3-7-15-8-10/h2,5-6,10,15H,3-4,7-8H2,1H3,(H,16,17)/t10-/m0/s1. The van der Waals surface area contributed by atoms with E-state index in [0.717, 1.165) is 37.2 Å². The topological polar surface area (TPSA) is 41.1 Å². The van der Waals surface area contributed by atoms with Gasteiger partial charge in [0.15, 0.2) is 0 Å². The highest BCUT2D eigenvalue weighted by Gasteiger charge is 2.21. The van der Waals surface area contributed by atoms with Crippen LogP contribution in [0.25, 0.3) is 0 Å². The first-order valence-electron chi connectivity index (χ1n) is 5.95. The molecule has 1 heterocycles. The van der Waals surface area contributed by atoms with Crippen LogP contribution < -0.4 is 10.6 Å². The number of hydrogen-bond acceptors (Lipinski definition) is 2. The largest absolute Gasteiger partial charge is 0.326 e. The van der Waals surface area contributed by atoms with E-state index in [0.29, 0.717) is 0 Å². The molecule has 1 aromatic carbocycles. The van der Waals surface area contributed by atoms with Crippen LogP contribution in [0.1, 0.15) is 18.4 Å². The number of carbonyl (C=O) groups is 1. The molecule has 1 amide bonds. The summed E-state index contributed by atoms with van der Waals surface area (Å²) in [5.41, 5.74) is 2.08. The fourth-order valence-electron chi connectivity index (χ4n) is 2.05. The van der Waals surface area contributed by atoms with E-state index in [4.69, 9.17) is 0 Å². The van der Waals surface area contributed by atoms with Gasteiger partial charge in [0.25, 0.3) is 0 Å². The Labute approximate surface area is 116 Å². The van der Waals surface area contributed by atoms with Crippen LogP contribution in [0.15, 0.2) is 18.2 Å². The number of nitrogens with one attached hydrogen (secondary N) is 2. The van der Waals surface area contributed by atoms with Gasteiger partial charge in [-0.1, -0.05) is 6.07 Å². The Kier molecular flexibility index (Phi) is 4.39. The summed E-state index contributed by atoms with van der Waals surface area (Å²) in [4.78, 5) is 12.1. The third kappa shape index (κ3) is 3.19. The number of carbonyl (C=O) groups excluding carboxylic acids is 1. The van der Waals surface area contributed by atoms with Crippen molar-refractivity contribution in [3.8, 4) is 0 Å². The van der Waals surface area contributed by atoms with Gasteiger partial charge in [-0.15, -0.1) is 0 Å². The van der Waals surface area contributed by atoms with Gasteiger partial charge in [-0.05, 0) is 66.6 Å². The number of halogens is 1. The summed E-state index contributed by atoms with van der Waals surface area (Å²) in [7, 11) is 0. The fourth-order valence-corrected chi connectivity index (χ4v) is 2.55. The molecule has 92 valence electrons. The van der Waals surface area contributed by atoms with Gasteiger partial charge in [-0.3, -0.25) is 4.79 Å². The lowest BCUT2D eigenvalue weighted by Crippen LogP contribution is -2.37. The van der Waals surface area contributed by atoms with Crippen molar-refractivity contribution in [3.63, 3.8) is 0 Å². The van der Waals surface area contributed by atoms with Crippen molar-refractivity contribution in [2.24, 2.45) is 5.92 Å². The number of piperidine rings is 1. The molecule has 1 saturated heterocycles. The summed E-state index contributed by atoms with van der Waals surface area (Å²) < 4.78 is 1.18. The molecule has 0 aromatic heterocycles. The Morgan fingerprint density at radius 1 is 1.53 bits per heavy atom. The number of anilines is 1. The van der Waals surface area contributed by atoms with Gasteiger partial charge in [0.1, 0.15) is 0 Å². The third-order valence-electron chi connectivity index (χ3n) is 3.19. The molecule has 0 unspecified atom stereocenters. The van der Waals surface area contributed by atoms with Crippen LogP contribution in [0, 0.1) is 16.4 Å². The molecular weight excluding hydrogens is 327 g/mol. The zero-order chi connectivity index (χ0) is 12.3. The first-order chi connectivity index (χ1) is 8.18. The minimum Gasteiger partial charge on any atom is -0.326 e. The van der Waals surface area contributed by atoms with Crippen molar-refractivity contribution in [1.82, 2.24) is 5.32 Å². The molecule has 2 rings (SSSR count). The maximum Gasteiger partial charge on any atom is 0.228 e. The van der Waals surface area contributed by atoms with Crippen LogP contribution in [0.5, 0.6) is 0 Å². The van der Waals surface area contributed by atoms with Crippen LogP contribution in [0.4, 0.5) is 5.69 Å². The number of benzene rings is 1. The SMILES string of the molecule is Cc1c(I)cccc1NC(=O)[C@H]1CCCNC1. The summed E-state index contributed by atoms with van der Waals surface area (Å²) in [5, 5.41) is 6.30. The average Bonchev–Trinajstić information content (AvgIpc) is 2.36. The summed E-state index contributed by atoms with van der Waals surface area (Å²) in [6.07, 6.45) is 2.07. The predicted molar refractivity (Wildman–Crippen MR) is 78.1 cm³/mol. The van der Waals surface area contributed by atoms with Gasteiger partial charge < -0.3 is 10.6 Å². The van der Waals surface area contributed by atoms with Gasteiger partial charge >= 0.3 is 0 Å². The second-order valence-electron chi connectivity index (χ2n) is 4.44. The highest BCUT2D eigenvalue weighted by molar-refractivity contribution is 14.1. The van der Waals surface area contributed by atoms with Crippen LogP contribution in [0.3, 0.4) is 0 Å². The molecule has 0 bridgehead atoms. The summed E-state index contributed by atoms with van der Waals surface area (Å²) >= 11 is 2.29. The van der Waals surface area contributed by atoms with E-state index in [-0.39, 0.29) is 11.8 Å². The normalized spacial score (nSPS) is 20.0. The molecule has 4 heteroatoms. The highest BCUT2D eigenvalue weighted by Crippen LogP contribution is 2.21. The molecule has 1 atom stereocenters. The second-order valence-corrected chi connectivity index (χ2v) is 5.61. The zero-order valence-corrected chi connectivity index (χ0v) is 12.1. The van der Waals surface area contributed by atoms with Crippen molar-refractivity contribution in [2.75, 3.05) is 18.4 Å². The van der Waals surface area contributed by atoms with E-state index < -0.39 is 0 Å². The van der Waals surface area contributed by atoms with Crippen LogP contribution in [-0.2, 0) is 4.79 Å². The molecule has 1 aliphatic rings. The van der Waals surface area contributed by atoms with Crippen molar-refractivity contribution in [3.05, 3.63) is 27.3 Å². The van der Waals surface area contributed by atoms with E-state index in [1.165, 1.54) is 3.57 Å². The van der Waals surface area contributed by atoms with Crippen LogP contribution in [0.2, 0.25) is 0 Å². The molecule has 17 heavy (non-hydrogen) atoms. The lowest BCUT2D eigenvalue weighted by molar-refractivity contribution is -0.120. The summed E-state index contributed by atoms with van der Waals surface area (Å²) in [6.45, 7) is 3.87. The predicted octanol–water partition coefficient (Wildman–Crippen LogP) is 2.54. The monoisotopic (exact) mass is 344 g/mol. The van der Waals surface area contributed by atoms with Gasteiger partial charge in [0, 0.05) is 15.8 Å². The molecule has 2 N–H and O–H groups in total. The molecule has 0 saturated carbocycles. The van der Waals surface area contributed by atoms with E-state index in [9.17, 15) is 4.79 Å².